The first kappa shape index (κ1) is 25.7. The van der Waals surface area contributed by atoms with Gasteiger partial charge in [0.25, 0.3) is 12.0 Å². The van der Waals surface area contributed by atoms with Gasteiger partial charge in [-0.05, 0) is 43.5 Å². The maximum Gasteiger partial charge on any atom is 0.266 e. The van der Waals surface area contributed by atoms with Crippen LogP contribution < -0.4 is 15.6 Å². The Morgan fingerprint density at radius 3 is 2.50 bits per heavy atom. The predicted molar refractivity (Wildman–Crippen MR) is 137 cm³/mol. The molecule has 1 fully saturated rings. The van der Waals surface area contributed by atoms with Crippen LogP contribution in [0.25, 0.3) is 11.0 Å². The number of rotatable bonds is 9. The van der Waals surface area contributed by atoms with Crippen LogP contribution in [0, 0.1) is 5.82 Å². The summed E-state index contributed by atoms with van der Waals surface area (Å²) in [6.45, 7) is 1.98. The maximum atomic E-state index is 14.6. The molecule has 2 aromatic heterocycles. The summed E-state index contributed by atoms with van der Waals surface area (Å²) in [4.78, 5) is 22.1. The van der Waals surface area contributed by atoms with E-state index >= 15 is 0 Å². The van der Waals surface area contributed by atoms with Crippen LogP contribution in [0.15, 0.2) is 59.5 Å². The summed E-state index contributed by atoms with van der Waals surface area (Å²) < 4.78 is 53.7. The van der Waals surface area contributed by atoms with Crippen LogP contribution in [0.1, 0.15) is 54.5 Å². The molecule has 0 radical (unpaired) electrons. The molecule has 0 unspecified atom stereocenters. The lowest BCUT2D eigenvalue weighted by atomic mass is 10.0. The first-order valence-electron chi connectivity index (χ1n) is 12.2. The van der Waals surface area contributed by atoms with Crippen LogP contribution in [0.4, 0.5) is 19.1 Å². The summed E-state index contributed by atoms with van der Waals surface area (Å²) in [5.74, 6) is -0.0652. The fraction of sp³-hybridized carbons (Fsp3) is 0.321. The highest BCUT2D eigenvalue weighted by atomic mass is 19.3. The van der Waals surface area contributed by atoms with Gasteiger partial charge in [-0.15, -0.1) is 0 Å². The third-order valence-corrected chi connectivity index (χ3v) is 6.92. The first-order valence-corrected chi connectivity index (χ1v) is 12.2. The van der Waals surface area contributed by atoms with E-state index in [0.29, 0.717) is 23.2 Å². The zero-order chi connectivity index (χ0) is 27.0. The SMILES string of the molecule is COc1ccc(COC2(c3cc4cnc(N[C@H](C)c5cccc(C(F)F)c5F)nc4n(C)c3=O)CC2)cc1. The standard InChI is InChI=1S/C28H27F3N4O3/c1-16(20-5-4-6-21(23(20)29)24(30)31)33-27-32-14-18-13-22(26(36)35(2)25(18)34-27)28(11-12-28)38-15-17-7-9-19(37-3)10-8-17/h4-10,13-14,16,24H,11-12,15H2,1-3H3,(H,32,33,34)/t16-/m1/s1. The van der Waals surface area contributed by atoms with E-state index in [2.05, 4.69) is 15.3 Å². The number of nitrogens with zero attached hydrogens (tertiary/aromatic N) is 3. The molecule has 198 valence electrons. The average molecular weight is 525 g/mol. The van der Waals surface area contributed by atoms with E-state index < -0.39 is 29.4 Å². The second-order valence-electron chi connectivity index (χ2n) is 9.44. The van der Waals surface area contributed by atoms with Gasteiger partial charge >= 0.3 is 0 Å². The summed E-state index contributed by atoms with van der Waals surface area (Å²) in [6, 6.07) is 12.5. The Kier molecular flexibility index (Phi) is 6.83. The normalized spacial score (nSPS) is 15.0. The molecule has 0 bridgehead atoms. The molecule has 0 spiro atoms. The highest BCUT2D eigenvalue weighted by molar-refractivity contribution is 5.76. The summed E-state index contributed by atoms with van der Waals surface area (Å²) in [7, 11) is 3.23. The van der Waals surface area contributed by atoms with Gasteiger partial charge in [0.1, 0.15) is 17.2 Å². The summed E-state index contributed by atoms with van der Waals surface area (Å²) >= 11 is 0. The number of halogens is 3. The van der Waals surface area contributed by atoms with Crippen molar-refractivity contribution >= 4 is 17.0 Å². The highest BCUT2D eigenvalue weighted by Crippen LogP contribution is 2.49. The van der Waals surface area contributed by atoms with Crippen molar-refractivity contribution in [3.8, 4) is 5.75 Å². The Morgan fingerprint density at radius 1 is 1.13 bits per heavy atom. The second kappa shape index (κ2) is 10.1. The third-order valence-electron chi connectivity index (χ3n) is 6.92. The van der Waals surface area contributed by atoms with Gasteiger partial charge in [0.15, 0.2) is 0 Å². The molecule has 1 atom stereocenters. The van der Waals surface area contributed by atoms with Crippen LogP contribution in [-0.4, -0.2) is 21.6 Å². The first-order chi connectivity index (χ1) is 18.2. The molecule has 1 N–H and O–H groups in total. The number of alkyl halides is 2. The number of ether oxygens (including phenoxy) is 2. The van der Waals surface area contributed by atoms with Gasteiger partial charge in [0.2, 0.25) is 5.95 Å². The zero-order valence-corrected chi connectivity index (χ0v) is 21.2. The van der Waals surface area contributed by atoms with Gasteiger partial charge in [-0.2, -0.15) is 4.98 Å². The Morgan fingerprint density at radius 2 is 1.84 bits per heavy atom. The second-order valence-corrected chi connectivity index (χ2v) is 9.44. The number of hydrogen-bond donors (Lipinski definition) is 1. The number of hydrogen-bond acceptors (Lipinski definition) is 6. The van der Waals surface area contributed by atoms with Crippen molar-refractivity contribution in [1.82, 2.24) is 14.5 Å². The molecule has 10 heteroatoms. The number of nitrogens with one attached hydrogen (secondary N) is 1. The predicted octanol–water partition coefficient (Wildman–Crippen LogP) is 5.79. The van der Waals surface area contributed by atoms with Gasteiger partial charge in [0, 0.05) is 24.2 Å². The van der Waals surface area contributed by atoms with Crippen LogP contribution in [-0.2, 0) is 24.0 Å². The van der Waals surface area contributed by atoms with Crippen LogP contribution >= 0.6 is 0 Å². The highest BCUT2D eigenvalue weighted by Gasteiger charge is 2.48. The monoisotopic (exact) mass is 524 g/mol. The van der Waals surface area contributed by atoms with Crippen molar-refractivity contribution in [2.45, 2.75) is 44.4 Å². The molecule has 0 saturated heterocycles. The Balaban J connectivity index is 1.38. The molecule has 1 saturated carbocycles. The molecule has 7 nitrogen and oxygen atoms in total. The van der Waals surface area contributed by atoms with E-state index in [-0.39, 0.29) is 17.1 Å². The van der Waals surface area contributed by atoms with Gasteiger partial charge in [-0.3, -0.25) is 9.36 Å². The summed E-state index contributed by atoms with van der Waals surface area (Å²) in [5, 5.41) is 3.60. The Labute approximate surface area is 217 Å². The average Bonchev–Trinajstić information content (AvgIpc) is 3.71. The van der Waals surface area contributed by atoms with Crippen molar-refractivity contribution in [2.24, 2.45) is 7.05 Å². The number of methoxy groups -OCH3 is 1. The molecule has 4 aromatic rings. The zero-order valence-electron chi connectivity index (χ0n) is 21.2. The van der Waals surface area contributed by atoms with Crippen LogP contribution in [0.5, 0.6) is 5.75 Å². The minimum absolute atomic E-state index is 0.0698. The number of pyridine rings is 1. The van der Waals surface area contributed by atoms with E-state index in [4.69, 9.17) is 9.47 Å². The minimum atomic E-state index is -2.92. The molecule has 1 aliphatic rings. The van der Waals surface area contributed by atoms with Gasteiger partial charge < -0.3 is 14.8 Å². The smallest absolute Gasteiger partial charge is 0.266 e. The van der Waals surface area contributed by atoms with Gasteiger partial charge in [-0.25, -0.2) is 18.2 Å². The van der Waals surface area contributed by atoms with E-state index in [1.807, 2.05) is 24.3 Å². The lowest BCUT2D eigenvalue weighted by Crippen LogP contribution is -2.29. The largest absolute Gasteiger partial charge is 0.497 e. The maximum absolute atomic E-state index is 14.6. The molecule has 5 rings (SSSR count). The summed E-state index contributed by atoms with van der Waals surface area (Å²) in [5.41, 5.74) is 0.424. The van der Waals surface area contributed by atoms with Gasteiger partial charge in [0.05, 0.1) is 36.5 Å². The molecule has 2 heterocycles. The Bertz CT molecular complexity index is 1540. The number of fused-ring (bicyclic) bond motifs is 1. The molecule has 38 heavy (non-hydrogen) atoms. The minimum Gasteiger partial charge on any atom is -0.497 e. The topological polar surface area (TPSA) is 78.3 Å². The van der Waals surface area contributed by atoms with Crippen LogP contribution in [0.3, 0.4) is 0 Å². The number of aromatic nitrogens is 3. The van der Waals surface area contributed by atoms with E-state index in [0.717, 1.165) is 30.2 Å². The fourth-order valence-corrected chi connectivity index (χ4v) is 4.53. The summed E-state index contributed by atoms with van der Waals surface area (Å²) in [6.07, 6.45) is 0.111. The van der Waals surface area contributed by atoms with Gasteiger partial charge in [-0.1, -0.05) is 30.3 Å². The fourth-order valence-electron chi connectivity index (χ4n) is 4.53. The van der Waals surface area contributed by atoms with Crippen molar-refractivity contribution < 1.29 is 22.6 Å². The lowest BCUT2D eigenvalue weighted by molar-refractivity contribution is 0.0161. The Hall–Kier alpha value is -3.92. The number of aryl methyl sites for hydroxylation is 1. The molecular weight excluding hydrogens is 497 g/mol. The van der Waals surface area contributed by atoms with Crippen molar-refractivity contribution in [2.75, 3.05) is 12.4 Å². The van der Waals surface area contributed by atoms with Crippen molar-refractivity contribution in [3.63, 3.8) is 0 Å². The molecule has 2 aromatic carbocycles. The number of benzene rings is 2. The van der Waals surface area contributed by atoms with Crippen LogP contribution in [0.2, 0.25) is 0 Å². The van der Waals surface area contributed by atoms with Crippen molar-refractivity contribution in [3.05, 3.63) is 93.2 Å². The van der Waals surface area contributed by atoms with E-state index in [1.54, 1.807) is 33.3 Å². The molecule has 0 amide bonds. The quantitative estimate of drug-likeness (QED) is 0.299. The lowest BCUT2D eigenvalue weighted by Gasteiger charge is -2.19. The molecular formula is C28H27F3N4O3. The molecule has 1 aliphatic carbocycles. The number of anilines is 1. The molecule has 0 aliphatic heterocycles. The van der Waals surface area contributed by atoms with Crippen molar-refractivity contribution in [1.29, 1.82) is 0 Å². The van der Waals surface area contributed by atoms with E-state index in [9.17, 15) is 18.0 Å². The van der Waals surface area contributed by atoms with E-state index in [1.165, 1.54) is 16.7 Å². The third kappa shape index (κ3) is 4.83.